The van der Waals surface area contributed by atoms with Crippen molar-refractivity contribution in [3.8, 4) is 0 Å². The van der Waals surface area contributed by atoms with E-state index in [9.17, 15) is 19.8 Å². The molecule has 0 aromatic carbocycles. The SMILES string of the molecule is NC(CC(=O)[O-])C(=O)[O-].[Pb]. The van der Waals surface area contributed by atoms with E-state index in [2.05, 4.69) is 0 Å². The van der Waals surface area contributed by atoms with E-state index in [-0.39, 0.29) is 27.3 Å². The average Bonchev–Trinajstić information content (AvgIpc) is 1.63. The molecule has 10 heavy (non-hydrogen) atoms. The number of carbonyl (C=O) groups excluding carboxylic acids is 2. The Labute approximate surface area is 77.4 Å². The minimum Gasteiger partial charge on any atom is -0.550 e. The van der Waals surface area contributed by atoms with E-state index < -0.39 is 24.4 Å². The maximum absolute atomic E-state index is 9.71. The molecular weight excluding hydrogens is 333 g/mol. The molecule has 0 heterocycles. The molecule has 0 aromatic rings. The third-order valence-electron chi connectivity index (χ3n) is 0.689. The molecular formula is C4H5NO4Pb-2. The molecule has 0 saturated carbocycles. The van der Waals surface area contributed by atoms with Crippen molar-refractivity contribution >= 4 is 39.2 Å². The molecule has 0 rings (SSSR count). The molecule has 1 atom stereocenters. The standard InChI is InChI=1S/C4H7NO4.Pb/c5-2(4(8)9)1-3(6)7;/h2H,1,5H2,(H,6,7)(H,8,9);/p-2. The molecule has 56 valence electrons. The van der Waals surface area contributed by atoms with E-state index >= 15 is 0 Å². The predicted octanol–water partition coefficient (Wildman–Crippen LogP) is -4.18. The Balaban J connectivity index is 0. The van der Waals surface area contributed by atoms with Gasteiger partial charge in [0.1, 0.15) is 0 Å². The van der Waals surface area contributed by atoms with Crippen LogP contribution in [0.25, 0.3) is 0 Å². The zero-order valence-electron chi connectivity index (χ0n) is 4.99. The Kier molecular flexibility index (Phi) is 6.99. The summed E-state index contributed by atoms with van der Waals surface area (Å²) in [6, 6.07) is -1.46. The van der Waals surface area contributed by atoms with Gasteiger partial charge >= 0.3 is 0 Å². The van der Waals surface area contributed by atoms with Crippen LogP contribution in [0.4, 0.5) is 0 Å². The Morgan fingerprint density at radius 2 is 1.80 bits per heavy atom. The summed E-state index contributed by atoms with van der Waals surface area (Å²) in [6.45, 7) is 0. The van der Waals surface area contributed by atoms with Crippen LogP contribution in [0.1, 0.15) is 6.42 Å². The molecule has 0 amide bonds. The zero-order chi connectivity index (χ0) is 7.44. The second kappa shape index (κ2) is 5.60. The molecule has 0 saturated heterocycles. The molecule has 0 bridgehead atoms. The summed E-state index contributed by atoms with van der Waals surface area (Å²) >= 11 is 0. The van der Waals surface area contributed by atoms with Crippen molar-refractivity contribution in [3.05, 3.63) is 0 Å². The Morgan fingerprint density at radius 3 is 1.90 bits per heavy atom. The van der Waals surface area contributed by atoms with Gasteiger partial charge in [-0.3, -0.25) is 0 Å². The van der Waals surface area contributed by atoms with Crippen LogP contribution < -0.4 is 15.9 Å². The first-order chi connectivity index (χ1) is 4.04. The van der Waals surface area contributed by atoms with E-state index in [1.807, 2.05) is 0 Å². The van der Waals surface area contributed by atoms with Crippen molar-refractivity contribution in [3.63, 3.8) is 0 Å². The number of rotatable bonds is 3. The number of carboxylic acid groups (broad SMARTS) is 2. The van der Waals surface area contributed by atoms with Crippen LogP contribution in [0, 0.1) is 0 Å². The fourth-order valence-corrected chi connectivity index (χ4v) is 0.263. The van der Waals surface area contributed by atoms with Crippen molar-refractivity contribution in [1.29, 1.82) is 0 Å². The number of carboxylic acids is 2. The fourth-order valence-electron chi connectivity index (χ4n) is 0.263. The van der Waals surface area contributed by atoms with Gasteiger partial charge in [0, 0.05) is 45.7 Å². The zero-order valence-corrected chi connectivity index (χ0v) is 8.88. The average molecular weight is 338 g/mol. The molecule has 0 aliphatic carbocycles. The van der Waals surface area contributed by atoms with Crippen LogP contribution in [0.2, 0.25) is 0 Å². The Hall–Kier alpha value is -0.178. The van der Waals surface area contributed by atoms with E-state index in [4.69, 9.17) is 5.73 Å². The van der Waals surface area contributed by atoms with Crippen molar-refractivity contribution in [1.82, 2.24) is 0 Å². The molecule has 6 heteroatoms. The second-order valence-corrected chi connectivity index (χ2v) is 1.50. The summed E-state index contributed by atoms with van der Waals surface area (Å²) in [5, 5.41) is 19.3. The van der Waals surface area contributed by atoms with E-state index in [0.29, 0.717) is 0 Å². The number of carbonyl (C=O) groups is 2. The number of hydrogen-bond acceptors (Lipinski definition) is 5. The maximum Gasteiger partial charge on any atom is 0.0586 e. The minimum atomic E-state index is -1.58. The van der Waals surface area contributed by atoms with E-state index in [1.54, 1.807) is 0 Å². The molecule has 4 radical (unpaired) electrons. The summed E-state index contributed by atoms with van der Waals surface area (Å²) in [5.41, 5.74) is 4.73. The van der Waals surface area contributed by atoms with Crippen LogP contribution in [0.3, 0.4) is 0 Å². The summed E-state index contributed by atoms with van der Waals surface area (Å²) in [5.74, 6) is -3.08. The molecule has 0 fully saturated rings. The molecule has 0 aromatic heterocycles. The van der Waals surface area contributed by atoms with Crippen molar-refractivity contribution in [2.24, 2.45) is 5.73 Å². The fraction of sp³-hybridized carbons (Fsp3) is 0.500. The number of nitrogens with two attached hydrogens (primary N) is 1. The van der Waals surface area contributed by atoms with Crippen LogP contribution in [0.15, 0.2) is 0 Å². The van der Waals surface area contributed by atoms with Gasteiger partial charge in [-0.1, -0.05) is 0 Å². The molecule has 5 nitrogen and oxygen atoms in total. The quantitative estimate of drug-likeness (QED) is 0.526. The van der Waals surface area contributed by atoms with Gasteiger partial charge in [0.25, 0.3) is 0 Å². The van der Waals surface area contributed by atoms with E-state index in [0.717, 1.165) is 0 Å². The van der Waals surface area contributed by atoms with Gasteiger partial charge in [-0.25, -0.2) is 0 Å². The molecule has 0 aliphatic rings. The van der Waals surface area contributed by atoms with Crippen molar-refractivity contribution in [2.75, 3.05) is 0 Å². The predicted molar refractivity (Wildman–Crippen MR) is 28.4 cm³/mol. The second-order valence-electron chi connectivity index (χ2n) is 1.50. The van der Waals surface area contributed by atoms with Gasteiger partial charge in [0.15, 0.2) is 0 Å². The third kappa shape index (κ3) is 5.95. The molecule has 2 N–H and O–H groups in total. The largest absolute Gasteiger partial charge is 0.550 e. The van der Waals surface area contributed by atoms with Crippen LogP contribution in [0.5, 0.6) is 0 Å². The third-order valence-corrected chi connectivity index (χ3v) is 0.689. The van der Waals surface area contributed by atoms with Gasteiger partial charge in [-0.2, -0.15) is 0 Å². The van der Waals surface area contributed by atoms with Gasteiger partial charge in [-0.15, -0.1) is 0 Å². The van der Waals surface area contributed by atoms with E-state index in [1.165, 1.54) is 0 Å². The minimum absolute atomic E-state index is 0. The first kappa shape index (κ1) is 12.5. The molecule has 0 spiro atoms. The first-order valence-electron chi connectivity index (χ1n) is 2.20. The topological polar surface area (TPSA) is 106 Å². The summed E-state index contributed by atoms with van der Waals surface area (Å²) in [7, 11) is 0. The summed E-state index contributed by atoms with van der Waals surface area (Å²) in [4.78, 5) is 19.3. The van der Waals surface area contributed by atoms with Crippen molar-refractivity contribution in [2.45, 2.75) is 12.5 Å². The maximum atomic E-state index is 9.71. The van der Waals surface area contributed by atoms with Gasteiger partial charge in [-0.05, 0) is 0 Å². The number of hydrogen-bond donors (Lipinski definition) is 1. The van der Waals surface area contributed by atoms with Crippen molar-refractivity contribution < 1.29 is 19.8 Å². The smallest absolute Gasteiger partial charge is 0.0586 e. The Bertz CT molecular complexity index is 137. The van der Waals surface area contributed by atoms with Crippen LogP contribution >= 0.6 is 0 Å². The summed E-state index contributed by atoms with van der Waals surface area (Å²) in [6.07, 6.45) is -0.706. The van der Waals surface area contributed by atoms with Gasteiger partial charge in [0.2, 0.25) is 0 Å². The van der Waals surface area contributed by atoms with Gasteiger partial charge in [0.05, 0.1) is 5.97 Å². The number of aliphatic carboxylic acids is 2. The van der Waals surface area contributed by atoms with Gasteiger partial charge < -0.3 is 25.5 Å². The molecule has 1 unspecified atom stereocenters. The summed E-state index contributed by atoms with van der Waals surface area (Å²) < 4.78 is 0. The normalized spacial score (nSPS) is 11.3. The molecule has 0 aliphatic heterocycles. The first-order valence-corrected chi connectivity index (χ1v) is 2.20. The van der Waals surface area contributed by atoms with Crippen LogP contribution in [-0.4, -0.2) is 45.3 Å². The monoisotopic (exact) mass is 339 g/mol. The Morgan fingerprint density at radius 1 is 1.40 bits per heavy atom. The van der Waals surface area contributed by atoms with Crippen LogP contribution in [-0.2, 0) is 9.59 Å².